The molecule has 0 amide bonds. The molecule has 2 aromatic heterocycles. The maximum absolute atomic E-state index is 6.19. The second-order valence-electron chi connectivity index (χ2n) is 6.51. The number of nitrogens with two attached hydrogens (primary N) is 1. The van der Waals surface area contributed by atoms with Crippen LogP contribution in [0.25, 0.3) is 10.9 Å². The van der Waals surface area contributed by atoms with Crippen LogP contribution < -0.4 is 20.5 Å². The molecule has 1 fully saturated rings. The van der Waals surface area contributed by atoms with Gasteiger partial charge in [0.15, 0.2) is 0 Å². The molecule has 0 aliphatic carbocycles. The molecule has 1 unspecified atom stereocenters. The van der Waals surface area contributed by atoms with Gasteiger partial charge in [0.2, 0.25) is 0 Å². The van der Waals surface area contributed by atoms with Crippen molar-refractivity contribution in [2.45, 2.75) is 12.5 Å². The molecule has 1 aromatic carbocycles. The van der Waals surface area contributed by atoms with Crippen molar-refractivity contribution in [1.82, 2.24) is 20.1 Å². The Bertz CT molecular complexity index is 1070. The van der Waals surface area contributed by atoms with Crippen LogP contribution in [-0.4, -0.2) is 42.1 Å². The van der Waals surface area contributed by atoms with Crippen LogP contribution in [0.2, 0.25) is 0 Å². The number of pyridine rings is 1. The van der Waals surface area contributed by atoms with Crippen molar-refractivity contribution in [1.29, 1.82) is 0 Å². The molecule has 3 aromatic rings. The van der Waals surface area contributed by atoms with Gasteiger partial charge in [0.05, 0.1) is 35.6 Å². The summed E-state index contributed by atoms with van der Waals surface area (Å²) in [5, 5.41) is 8.93. The van der Waals surface area contributed by atoms with Crippen LogP contribution in [0.3, 0.4) is 0 Å². The first-order valence-electron chi connectivity index (χ1n) is 8.88. The zero-order valence-electron chi connectivity index (χ0n) is 15.6. The van der Waals surface area contributed by atoms with E-state index >= 15 is 0 Å². The zero-order chi connectivity index (χ0) is 19.7. The van der Waals surface area contributed by atoms with E-state index in [0.29, 0.717) is 23.0 Å². The molecule has 8 heteroatoms. The third kappa shape index (κ3) is 3.39. The summed E-state index contributed by atoms with van der Waals surface area (Å²) in [4.78, 5) is 4.27. The van der Waals surface area contributed by atoms with Crippen molar-refractivity contribution in [2.24, 2.45) is 0 Å². The number of nitrogens with one attached hydrogen (secondary N) is 1. The van der Waals surface area contributed by atoms with Crippen LogP contribution in [0.15, 0.2) is 28.9 Å². The van der Waals surface area contributed by atoms with Gasteiger partial charge in [0, 0.05) is 24.4 Å². The van der Waals surface area contributed by atoms with E-state index in [1.165, 1.54) is 0 Å². The lowest BCUT2D eigenvalue weighted by molar-refractivity contribution is 0.394. The lowest BCUT2D eigenvalue weighted by atomic mass is 10.1. The van der Waals surface area contributed by atoms with Gasteiger partial charge in [0.25, 0.3) is 0 Å². The molecule has 4 rings (SSSR count). The molecule has 3 heterocycles. The molecule has 0 spiro atoms. The SMILES string of the molecule is COc1cc(C#Cc2nn(C3CCNC3)c3c(Br)cnc(N)c23)cc(OC)c1. The summed E-state index contributed by atoms with van der Waals surface area (Å²) >= 11 is 3.60. The van der Waals surface area contributed by atoms with Gasteiger partial charge < -0.3 is 20.5 Å². The highest BCUT2D eigenvalue weighted by Gasteiger charge is 2.24. The standard InChI is InChI=1S/C20H20BrN5O2/c1-27-14-7-12(8-15(9-14)28-2)3-4-17-18-19(16(21)11-24-20(18)22)26(25-17)13-5-6-23-10-13/h7-9,11,13,23H,5-6,10H2,1-2H3,(H2,22,24). The third-order valence-corrected chi connectivity index (χ3v) is 5.35. The number of aromatic nitrogens is 3. The van der Waals surface area contributed by atoms with E-state index in [1.54, 1.807) is 26.5 Å². The highest BCUT2D eigenvalue weighted by atomic mass is 79.9. The molecule has 1 aliphatic heterocycles. The topological polar surface area (TPSA) is 87.2 Å². The van der Waals surface area contributed by atoms with Crippen LogP contribution in [-0.2, 0) is 0 Å². The molecule has 144 valence electrons. The van der Waals surface area contributed by atoms with Crippen LogP contribution in [0.4, 0.5) is 5.82 Å². The number of ether oxygens (including phenoxy) is 2. The Morgan fingerprint density at radius 1 is 1.21 bits per heavy atom. The Kier molecular flexibility index (Phi) is 5.11. The van der Waals surface area contributed by atoms with Crippen molar-refractivity contribution in [2.75, 3.05) is 33.0 Å². The number of fused-ring (bicyclic) bond motifs is 1. The number of nitrogens with zero attached hydrogens (tertiary/aromatic N) is 3. The number of anilines is 1. The lowest BCUT2D eigenvalue weighted by Gasteiger charge is -2.11. The summed E-state index contributed by atoms with van der Waals surface area (Å²) in [6, 6.07) is 5.77. The fourth-order valence-electron chi connectivity index (χ4n) is 3.37. The van der Waals surface area contributed by atoms with Crippen molar-refractivity contribution in [3.63, 3.8) is 0 Å². The number of hydrogen-bond acceptors (Lipinski definition) is 6. The van der Waals surface area contributed by atoms with E-state index in [0.717, 1.165) is 40.4 Å². The van der Waals surface area contributed by atoms with Crippen molar-refractivity contribution in [3.05, 3.63) is 40.1 Å². The van der Waals surface area contributed by atoms with Crippen molar-refractivity contribution >= 4 is 32.7 Å². The van der Waals surface area contributed by atoms with Crippen molar-refractivity contribution in [3.8, 4) is 23.3 Å². The summed E-state index contributed by atoms with van der Waals surface area (Å²) < 4.78 is 13.5. The van der Waals surface area contributed by atoms with E-state index in [2.05, 4.69) is 38.1 Å². The summed E-state index contributed by atoms with van der Waals surface area (Å²) in [5.41, 5.74) is 8.49. The number of halogens is 1. The number of methoxy groups -OCH3 is 2. The molecular weight excluding hydrogens is 422 g/mol. The number of rotatable bonds is 3. The van der Waals surface area contributed by atoms with Crippen LogP contribution in [0, 0.1) is 11.8 Å². The summed E-state index contributed by atoms with van der Waals surface area (Å²) in [7, 11) is 3.22. The molecule has 1 aliphatic rings. The van der Waals surface area contributed by atoms with Gasteiger partial charge in [-0.3, -0.25) is 4.68 Å². The monoisotopic (exact) mass is 441 g/mol. The lowest BCUT2D eigenvalue weighted by Crippen LogP contribution is -2.14. The van der Waals surface area contributed by atoms with E-state index in [9.17, 15) is 0 Å². The fourth-order valence-corrected chi connectivity index (χ4v) is 3.85. The Balaban J connectivity index is 1.85. The molecule has 7 nitrogen and oxygen atoms in total. The zero-order valence-corrected chi connectivity index (χ0v) is 17.2. The van der Waals surface area contributed by atoms with E-state index in [4.69, 9.17) is 20.3 Å². The third-order valence-electron chi connectivity index (χ3n) is 4.77. The minimum Gasteiger partial charge on any atom is -0.497 e. The first-order chi connectivity index (χ1) is 13.6. The van der Waals surface area contributed by atoms with Gasteiger partial charge in [-0.1, -0.05) is 5.92 Å². The van der Waals surface area contributed by atoms with Gasteiger partial charge in [-0.25, -0.2) is 4.98 Å². The van der Waals surface area contributed by atoms with Crippen LogP contribution in [0.1, 0.15) is 23.7 Å². The Morgan fingerprint density at radius 2 is 1.96 bits per heavy atom. The summed E-state index contributed by atoms with van der Waals surface area (Å²) in [6.45, 7) is 1.83. The van der Waals surface area contributed by atoms with Crippen LogP contribution >= 0.6 is 15.9 Å². The molecule has 0 radical (unpaired) electrons. The van der Waals surface area contributed by atoms with Gasteiger partial charge in [-0.05, 0) is 46.9 Å². The number of hydrogen-bond donors (Lipinski definition) is 2. The average Bonchev–Trinajstić information content (AvgIpc) is 3.37. The summed E-state index contributed by atoms with van der Waals surface area (Å²) in [5.74, 6) is 8.10. The Hall–Kier alpha value is -2.76. The van der Waals surface area contributed by atoms with Crippen molar-refractivity contribution < 1.29 is 9.47 Å². The second-order valence-corrected chi connectivity index (χ2v) is 7.36. The van der Waals surface area contributed by atoms with Crippen LogP contribution in [0.5, 0.6) is 11.5 Å². The second kappa shape index (κ2) is 7.70. The molecule has 0 saturated carbocycles. The van der Waals surface area contributed by atoms with Gasteiger partial charge in [-0.2, -0.15) is 5.10 Å². The smallest absolute Gasteiger partial charge is 0.147 e. The first kappa shape index (κ1) is 18.6. The molecule has 0 bridgehead atoms. The minimum atomic E-state index is 0.257. The Labute approximate surface area is 171 Å². The molecule has 3 N–H and O–H groups in total. The minimum absolute atomic E-state index is 0.257. The van der Waals surface area contributed by atoms with E-state index in [-0.39, 0.29) is 6.04 Å². The van der Waals surface area contributed by atoms with E-state index in [1.807, 2.05) is 16.8 Å². The average molecular weight is 442 g/mol. The quantitative estimate of drug-likeness (QED) is 0.607. The largest absolute Gasteiger partial charge is 0.497 e. The fraction of sp³-hybridized carbons (Fsp3) is 0.300. The molecule has 1 saturated heterocycles. The number of benzene rings is 1. The van der Waals surface area contributed by atoms with Gasteiger partial charge >= 0.3 is 0 Å². The normalized spacial score (nSPS) is 16.0. The highest BCUT2D eigenvalue weighted by molar-refractivity contribution is 9.10. The van der Waals surface area contributed by atoms with Gasteiger partial charge in [0.1, 0.15) is 23.0 Å². The first-order valence-corrected chi connectivity index (χ1v) is 9.68. The maximum atomic E-state index is 6.19. The molecule has 28 heavy (non-hydrogen) atoms. The summed E-state index contributed by atoms with van der Waals surface area (Å²) in [6.07, 6.45) is 2.72. The Morgan fingerprint density at radius 3 is 2.61 bits per heavy atom. The van der Waals surface area contributed by atoms with Gasteiger partial charge in [-0.15, -0.1) is 0 Å². The predicted molar refractivity (Wildman–Crippen MR) is 112 cm³/mol. The van der Waals surface area contributed by atoms with E-state index < -0.39 is 0 Å². The predicted octanol–water partition coefficient (Wildman–Crippen LogP) is 2.73. The number of nitrogen functional groups attached to an aromatic ring is 1. The highest BCUT2D eigenvalue weighted by Crippen LogP contribution is 2.32. The molecule has 1 atom stereocenters. The molecular formula is C20H20BrN5O2. The maximum Gasteiger partial charge on any atom is 0.147 e.